The molecule has 6 atom stereocenters. The number of pyridine rings is 2. The number of fused-ring (bicyclic) bond motifs is 6. The Balaban J connectivity index is 0.000000161. The van der Waals surface area contributed by atoms with Gasteiger partial charge in [-0.05, 0) is 149 Å². The number of hydrogen-bond acceptors (Lipinski definition) is 14. The lowest BCUT2D eigenvalue weighted by Crippen LogP contribution is -2.41. The maximum Gasteiger partial charge on any atom is 0.496 e. The Hall–Kier alpha value is -5.00. The van der Waals surface area contributed by atoms with Crippen LogP contribution < -0.4 is 15.3 Å². The van der Waals surface area contributed by atoms with E-state index >= 15 is 0 Å². The van der Waals surface area contributed by atoms with Crippen molar-refractivity contribution in [3.05, 3.63) is 137 Å². The molecule has 1 saturated heterocycles. The maximum atomic E-state index is 6.35. The average Bonchev–Trinajstić information content (AvgIpc) is 1.60. The molecule has 4 saturated carbocycles. The van der Waals surface area contributed by atoms with E-state index in [9.17, 15) is 0 Å². The molecule has 538 valence electrons. The van der Waals surface area contributed by atoms with Crippen LogP contribution in [0.15, 0.2) is 122 Å². The second kappa shape index (κ2) is 32.6. The highest BCUT2D eigenvalue weighted by atomic mass is 127. The molecule has 0 amide bonds. The van der Waals surface area contributed by atoms with Crippen LogP contribution in [-0.4, -0.2) is 143 Å². The van der Waals surface area contributed by atoms with Gasteiger partial charge in [0.2, 0.25) is 0 Å². The van der Waals surface area contributed by atoms with Gasteiger partial charge in [0, 0.05) is 134 Å². The quantitative estimate of drug-likeness (QED) is 0.0198. The first-order valence-electron chi connectivity index (χ1n) is 37.1. The molecule has 7 heterocycles. The Kier molecular flexibility index (Phi) is 24.8. The Morgan fingerprint density at radius 2 is 0.890 bits per heavy atom. The molecule has 16 nitrogen and oxygen atoms in total. The summed E-state index contributed by atoms with van der Waals surface area (Å²) in [5.41, 5.74) is 10.7. The molecule has 0 spiro atoms. The van der Waals surface area contributed by atoms with Gasteiger partial charge in [0.15, 0.2) is 11.3 Å². The van der Waals surface area contributed by atoms with Crippen LogP contribution in [0.3, 0.4) is 0 Å². The molecular formula is C78H114BIN10O6Si4. The minimum absolute atomic E-state index is 0.324. The highest BCUT2D eigenvalue weighted by Crippen LogP contribution is 2.54. The van der Waals surface area contributed by atoms with Crippen LogP contribution in [0.2, 0.25) is 103 Å². The van der Waals surface area contributed by atoms with Crippen molar-refractivity contribution in [1.82, 2.24) is 39.2 Å². The summed E-state index contributed by atoms with van der Waals surface area (Å²) in [6, 6.07) is 37.9. The second-order valence-electron chi connectivity index (χ2n) is 34.9. The Morgan fingerprint density at radius 3 is 1.27 bits per heavy atom. The number of rotatable bonds is 28. The van der Waals surface area contributed by atoms with E-state index in [-0.39, 0.29) is 18.3 Å². The van der Waals surface area contributed by atoms with E-state index in [1.807, 2.05) is 82.3 Å². The average molecular weight is 1540 g/mol. The number of nitrogens with zero attached hydrogens (tertiary/aromatic N) is 10. The Bertz CT molecular complexity index is 3880. The van der Waals surface area contributed by atoms with Crippen LogP contribution in [-0.2, 0) is 28.3 Å². The molecular weight excluding hydrogens is 1420 g/mol. The molecule has 5 aliphatic rings. The van der Waals surface area contributed by atoms with Crippen LogP contribution in [0.4, 0.5) is 11.6 Å². The summed E-state index contributed by atoms with van der Waals surface area (Å²) in [5, 5.41) is 9.63. The third-order valence-electron chi connectivity index (χ3n) is 21.3. The first kappa shape index (κ1) is 76.1. The van der Waals surface area contributed by atoms with Gasteiger partial charge in [0.25, 0.3) is 0 Å². The van der Waals surface area contributed by atoms with Crippen molar-refractivity contribution in [3.8, 4) is 33.6 Å². The van der Waals surface area contributed by atoms with Gasteiger partial charge in [-0.15, -0.1) is 0 Å². The number of aromatic nitrogens is 8. The summed E-state index contributed by atoms with van der Waals surface area (Å²) in [6.07, 6.45) is 18.4. The summed E-state index contributed by atoms with van der Waals surface area (Å²) >= 11 is 2.37. The minimum Gasteiger partial charge on any atom is -0.399 e. The van der Waals surface area contributed by atoms with Gasteiger partial charge in [-0.3, -0.25) is 9.97 Å². The fourth-order valence-electron chi connectivity index (χ4n) is 14.3. The number of halogens is 1. The summed E-state index contributed by atoms with van der Waals surface area (Å²) in [5.74, 6) is 6.38. The normalized spacial score (nSPS) is 20.8. The minimum atomic E-state index is -1.20. The van der Waals surface area contributed by atoms with E-state index in [2.05, 4.69) is 192 Å². The van der Waals surface area contributed by atoms with Gasteiger partial charge in [-0.1, -0.05) is 164 Å². The van der Waals surface area contributed by atoms with E-state index in [4.69, 9.17) is 53.4 Å². The predicted octanol–water partition coefficient (Wildman–Crippen LogP) is 18.5. The van der Waals surface area contributed by atoms with E-state index in [0.717, 1.165) is 128 Å². The van der Waals surface area contributed by atoms with E-state index in [1.54, 1.807) is 0 Å². The van der Waals surface area contributed by atoms with Crippen molar-refractivity contribution in [3.63, 3.8) is 0 Å². The van der Waals surface area contributed by atoms with Gasteiger partial charge in [0.05, 0.1) is 38.6 Å². The third-order valence-corrected chi connectivity index (χ3v) is 28.9. The van der Waals surface area contributed by atoms with E-state index < -0.39 is 32.3 Å². The van der Waals surface area contributed by atoms with Crippen molar-refractivity contribution in [2.45, 2.75) is 205 Å². The lowest BCUT2D eigenvalue weighted by Gasteiger charge is -2.32. The zero-order chi connectivity index (χ0) is 71.2. The molecule has 13 rings (SSSR count). The summed E-state index contributed by atoms with van der Waals surface area (Å²) < 4.78 is 42.3. The van der Waals surface area contributed by atoms with Gasteiger partial charge in [-0.2, -0.15) is 19.2 Å². The zero-order valence-electron chi connectivity index (χ0n) is 63.0. The number of anilines is 2. The molecule has 2 aromatic carbocycles. The van der Waals surface area contributed by atoms with Crippen molar-refractivity contribution in [1.29, 1.82) is 0 Å². The third kappa shape index (κ3) is 20.1. The topological polar surface area (TPSA) is 148 Å². The molecule has 0 radical (unpaired) electrons. The van der Waals surface area contributed by atoms with Crippen LogP contribution in [0, 0.1) is 27.2 Å². The van der Waals surface area contributed by atoms with Gasteiger partial charge >= 0.3 is 7.12 Å². The fraction of sp³-hybridized carbons (Fsp3) is 0.564. The predicted molar refractivity (Wildman–Crippen MR) is 430 cm³/mol. The highest BCUT2D eigenvalue weighted by Gasteiger charge is 2.52. The first-order valence-corrected chi connectivity index (χ1v) is 53.0. The van der Waals surface area contributed by atoms with Gasteiger partial charge < -0.3 is 38.1 Å². The molecule has 5 fully saturated rings. The largest absolute Gasteiger partial charge is 0.496 e. The zero-order valence-corrected chi connectivity index (χ0v) is 69.2. The summed E-state index contributed by atoms with van der Waals surface area (Å²) in [4.78, 5) is 24.3. The molecule has 6 aromatic heterocycles. The number of hydrogen-bond donors (Lipinski definition) is 0. The Morgan fingerprint density at radius 1 is 0.480 bits per heavy atom. The SMILES string of the molecule is CC1(C)OB(c2ccc(-c3ccccc3)nc2)OC1(C)C.C[Si](C)(C)CCOCN(COCC[Si](C)(C)C)c1cc(C2CC3CCC2C3)nc2c(-c3ccc(-c4ccccc4)nc3)cnn12.C[Si](C)(C)CCOCN(COCC[Si](C)(C)C)c1cc(C2CC3CCC2C3)nc2c(I)cnn12. The number of ether oxygens (including phenoxy) is 4. The summed E-state index contributed by atoms with van der Waals surface area (Å²) in [6.45, 7) is 42.1. The first-order chi connectivity index (χ1) is 47.4. The van der Waals surface area contributed by atoms with Crippen LogP contribution in [0.25, 0.3) is 44.9 Å². The standard InChI is InChI=1S/C36H51N5O2Si2.C25H43IN4O2Si2.C17H20BNO2/c1-44(2,3)18-16-42-25-40(26-43-17-19-45(4,5)6)35-22-34(31-21-27-12-13-29(31)20-27)39-36-32(24-38-41(35)36)30-14-15-33(37-23-30)28-10-8-7-9-11-28;1-33(2,3)11-9-31-17-29(18-32-10-12-34(4,5)6)24-15-23(21-14-19-7-8-20(21)13-19)28-25-22(26)16-27-30(24)25;1-16(2)17(3,4)21-18(20-16)14-10-11-15(19-12-14)13-8-6-5-7-9-13/h7-11,14-15,22-24,27,29,31H,12-13,16-21,25-26H2,1-6H3;15-16,19-21H,7-14,17-18H2,1-6H3;5-12H,1-4H3. The molecule has 4 bridgehead atoms. The van der Waals surface area contributed by atoms with Crippen molar-refractivity contribution in [2.24, 2.45) is 23.7 Å². The van der Waals surface area contributed by atoms with Crippen LogP contribution in [0.1, 0.15) is 102 Å². The lowest BCUT2D eigenvalue weighted by molar-refractivity contribution is 0.00578. The molecule has 6 unspecified atom stereocenters. The van der Waals surface area contributed by atoms with Gasteiger partial charge in [-0.25, -0.2) is 9.97 Å². The van der Waals surface area contributed by atoms with Crippen molar-refractivity contribution in [2.75, 3.05) is 63.2 Å². The number of benzene rings is 2. The highest BCUT2D eigenvalue weighted by molar-refractivity contribution is 14.1. The molecule has 1 aliphatic heterocycles. The van der Waals surface area contributed by atoms with Crippen molar-refractivity contribution >= 4 is 90.4 Å². The van der Waals surface area contributed by atoms with Crippen molar-refractivity contribution < 1.29 is 28.3 Å². The molecule has 22 heteroatoms. The fourth-order valence-corrected chi connectivity index (χ4v) is 17.8. The smallest absolute Gasteiger partial charge is 0.399 e. The van der Waals surface area contributed by atoms with Crippen LogP contribution >= 0.6 is 22.6 Å². The van der Waals surface area contributed by atoms with E-state index in [0.29, 0.717) is 38.8 Å². The molecule has 100 heavy (non-hydrogen) atoms. The van der Waals surface area contributed by atoms with E-state index in [1.165, 1.54) is 74.8 Å². The Labute approximate surface area is 615 Å². The lowest BCUT2D eigenvalue weighted by atomic mass is 9.80. The maximum absolute atomic E-state index is 6.35. The molecule has 8 aromatic rings. The molecule has 0 N–H and O–H groups in total. The van der Waals surface area contributed by atoms with Gasteiger partial charge in [0.1, 0.15) is 38.6 Å². The second-order valence-corrected chi connectivity index (χ2v) is 58.5. The molecule has 4 aliphatic carbocycles. The monoisotopic (exact) mass is 1540 g/mol. The summed E-state index contributed by atoms with van der Waals surface area (Å²) in [7, 11) is -5.03. The van der Waals surface area contributed by atoms with Crippen LogP contribution in [0.5, 0.6) is 0 Å².